The minimum absolute atomic E-state index is 0.268. The van der Waals surface area contributed by atoms with Gasteiger partial charge in [-0.05, 0) is 53.9 Å². The topological polar surface area (TPSA) is 37.4 Å². The fourth-order valence-corrected chi connectivity index (χ4v) is 3.49. The molecule has 2 atom stereocenters. The number of hydrogen-bond donors (Lipinski definition) is 1. The lowest BCUT2D eigenvalue weighted by Crippen LogP contribution is -2.48. The van der Waals surface area contributed by atoms with E-state index in [2.05, 4.69) is 37.2 Å². The van der Waals surface area contributed by atoms with E-state index in [1.165, 1.54) is 19.4 Å². The van der Waals surface area contributed by atoms with Crippen molar-refractivity contribution in [2.24, 2.45) is 0 Å². The Morgan fingerprint density at radius 1 is 1.58 bits per heavy atom. The molecule has 5 heteroatoms. The third-order valence-electron chi connectivity index (χ3n) is 3.94. The predicted molar refractivity (Wildman–Crippen MR) is 79.5 cm³/mol. The summed E-state index contributed by atoms with van der Waals surface area (Å²) in [6, 6.07) is 2.74. The van der Waals surface area contributed by atoms with Crippen LogP contribution in [0.5, 0.6) is 0 Å². The first-order chi connectivity index (χ1) is 9.22. The molecule has 2 saturated heterocycles. The molecule has 0 aliphatic carbocycles. The maximum absolute atomic E-state index is 5.93. The molecule has 0 aromatic carbocycles. The van der Waals surface area contributed by atoms with Gasteiger partial charge >= 0.3 is 0 Å². The molecule has 3 rings (SSSR count). The summed E-state index contributed by atoms with van der Waals surface area (Å²) in [4.78, 5) is 6.96. The average Bonchev–Trinajstić information content (AvgIpc) is 2.85. The zero-order chi connectivity index (χ0) is 13.2. The van der Waals surface area contributed by atoms with E-state index in [9.17, 15) is 0 Å². The Balaban J connectivity index is 1.54. The standard InChI is InChI=1S/C14H20BrN3O/c1-10-5-13(15)14(16-6-10)17-7-12-8-18-4-2-3-11(18)9-19-12/h5-6,11-12H,2-4,7-9H2,1H3,(H,16,17). The highest BCUT2D eigenvalue weighted by Crippen LogP contribution is 2.24. The van der Waals surface area contributed by atoms with Gasteiger partial charge in [0, 0.05) is 25.3 Å². The largest absolute Gasteiger partial charge is 0.373 e. The second kappa shape index (κ2) is 5.77. The Morgan fingerprint density at radius 2 is 2.47 bits per heavy atom. The smallest absolute Gasteiger partial charge is 0.140 e. The van der Waals surface area contributed by atoms with Crippen molar-refractivity contribution in [3.63, 3.8) is 0 Å². The molecular formula is C14H20BrN3O. The quantitative estimate of drug-likeness (QED) is 0.926. The third kappa shape index (κ3) is 3.09. The summed E-state index contributed by atoms with van der Waals surface area (Å²) in [6.07, 6.45) is 4.76. The summed E-state index contributed by atoms with van der Waals surface area (Å²) in [6.45, 7) is 6.02. The number of aryl methyl sites for hydroxylation is 1. The number of morpholine rings is 1. The third-order valence-corrected chi connectivity index (χ3v) is 4.54. The second-order valence-electron chi connectivity index (χ2n) is 5.47. The summed E-state index contributed by atoms with van der Waals surface area (Å²) in [5.74, 6) is 0.901. The number of hydrogen-bond acceptors (Lipinski definition) is 4. The number of aromatic nitrogens is 1. The van der Waals surface area contributed by atoms with Crippen LogP contribution in [0.4, 0.5) is 5.82 Å². The van der Waals surface area contributed by atoms with Gasteiger partial charge in [0.1, 0.15) is 5.82 Å². The highest BCUT2D eigenvalue weighted by atomic mass is 79.9. The first-order valence-corrected chi connectivity index (χ1v) is 7.73. The Labute approximate surface area is 122 Å². The predicted octanol–water partition coefficient (Wildman–Crippen LogP) is 2.43. The zero-order valence-electron chi connectivity index (χ0n) is 11.2. The number of anilines is 1. The van der Waals surface area contributed by atoms with Gasteiger partial charge in [-0.15, -0.1) is 0 Å². The number of halogens is 1. The summed E-state index contributed by atoms with van der Waals surface area (Å²) in [5, 5.41) is 3.38. The number of fused-ring (bicyclic) bond motifs is 1. The average molecular weight is 326 g/mol. The molecule has 2 unspecified atom stereocenters. The molecule has 1 N–H and O–H groups in total. The lowest BCUT2D eigenvalue weighted by molar-refractivity contribution is -0.0416. The van der Waals surface area contributed by atoms with Crippen molar-refractivity contribution in [1.29, 1.82) is 0 Å². The minimum atomic E-state index is 0.268. The van der Waals surface area contributed by atoms with Gasteiger partial charge in [0.2, 0.25) is 0 Å². The Kier molecular flexibility index (Phi) is 4.05. The summed E-state index contributed by atoms with van der Waals surface area (Å²) < 4.78 is 6.95. The molecule has 2 aliphatic rings. The van der Waals surface area contributed by atoms with Crippen molar-refractivity contribution in [3.8, 4) is 0 Å². The Morgan fingerprint density at radius 3 is 3.32 bits per heavy atom. The van der Waals surface area contributed by atoms with Gasteiger partial charge in [-0.25, -0.2) is 4.98 Å². The number of ether oxygens (including phenoxy) is 1. The molecule has 0 spiro atoms. The van der Waals surface area contributed by atoms with Crippen LogP contribution in [0.1, 0.15) is 18.4 Å². The first kappa shape index (κ1) is 13.3. The zero-order valence-corrected chi connectivity index (χ0v) is 12.8. The summed E-state index contributed by atoms with van der Waals surface area (Å²) in [7, 11) is 0. The van der Waals surface area contributed by atoms with Crippen molar-refractivity contribution in [2.45, 2.75) is 31.9 Å². The molecule has 0 amide bonds. The molecule has 2 fully saturated rings. The lowest BCUT2D eigenvalue weighted by Gasteiger charge is -2.35. The number of nitrogens with zero attached hydrogens (tertiary/aromatic N) is 2. The molecule has 2 aliphatic heterocycles. The van der Waals surface area contributed by atoms with E-state index >= 15 is 0 Å². The molecule has 1 aromatic heterocycles. The molecule has 0 saturated carbocycles. The van der Waals surface area contributed by atoms with Crippen molar-refractivity contribution in [3.05, 3.63) is 22.3 Å². The van der Waals surface area contributed by atoms with Crippen LogP contribution in [0.25, 0.3) is 0 Å². The van der Waals surface area contributed by atoms with Gasteiger partial charge in [0.05, 0.1) is 17.2 Å². The van der Waals surface area contributed by atoms with Gasteiger partial charge < -0.3 is 10.1 Å². The van der Waals surface area contributed by atoms with Gasteiger partial charge in [-0.3, -0.25) is 4.90 Å². The molecular weight excluding hydrogens is 306 g/mol. The minimum Gasteiger partial charge on any atom is -0.373 e. The van der Waals surface area contributed by atoms with Crippen LogP contribution >= 0.6 is 15.9 Å². The van der Waals surface area contributed by atoms with Gasteiger partial charge in [0.15, 0.2) is 0 Å². The fraction of sp³-hybridized carbons (Fsp3) is 0.643. The SMILES string of the molecule is Cc1cnc(NCC2CN3CCCC3CO2)c(Br)c1. The van der Waals surface area contributed by atoms with Gasteiger partial charge in [-0.2, -0.15) is 0 Å². The van der Waals surface area contributed by atoms with Crippen LogP contribution in [0, 0.1) is 6.92 Å². The normalized spacial score (nSPS) is 27.3. The molecule has 3 heterocycles. The first-order valence-electron chi connectivity index (χ1n) is 6.94. The second-order valence-corrected chi connectivity index (χ2v) is 6.32. The molecule has 104 valence electrons. The molecule has 4 nitrogen and oxygen atoms in total. The molecule has 0 radical (unpaired) electrons. The summed E-state index contributed by atoms with van der Waals surface area (Å²) in [5.41, 5.74) is 1.16. The lowest BCUT2D eigenvalue weighted by atomic mass is 10.2. The van der Waals surface area contributed by atoms with E-state index in [0.717, 1.165) is 35.6 Å². The van der Waals surface area contributed by atoms with E-state index in [4.69, 9.17) is 4.74 Å². The number of nitrogens with one attached hydrogen (secondary N) is 1. The highest BCUT2D eigenvalue weighted by Gasteiger charge is 2.31. The van der Waals surface area contributed by atoms with Gasteiger partial charge in [-0.1, -0.05) is 0 Å². The maximum atomic E-state index is 5.93. The van der Waals surface area contributed by atoms with Crippen LogP contribution in [0.15, 0.2) is 16.7 Å². The molecule has 1 aromatic rings. The van der Waals surface area contributed by atoms with Gasteiger partial charge in [0.25, 0.3) is 0 Å². The van der Waals surface area contributed by atoms with E-state index in [0.29, 0.717) is 6.04 Å². The van der Waals surface area contributed by atoms with Crippen LogP contribution in [0.2, 0.25) is 0 Å². The molecule has 0 bridgehead atoms. The Bertz CT molecular complexity index is 454. The highest BCUT2D eigenvalue weighted by molar-refractivity contribution is 9.10. The number of rotatable bonds is 3. The van der Waals surface area contributed by atoms with Crippen molar-refractivity contribution in [2.75, 3.05) is 31.6 Å². The maximum Gasteiger partial charge on any atom is 0.140 e. The van der Waals surface area contributed by atoms with Crippen molar-refractivity contribution in [1.82, 2.24) is 9.88 Å². The van der Waals surface area contributed by atoms with Crippen LogP contribution < -0.4 is 5.32 Å². The van der Waals surface area contributed by atoms with Crippen LogP contribution in [0.3, 0.4) is 0 Å². The van der Waals surface area contributed by atoms with E-state index in [1.807, 2.05) is 13.1 Å². The Hall–Kier alpha value is -0.650. The fourth-order valence-electron chi connectivity index (χ4n) is 2.88. The van der Waals surface area contributed by atoms with E-state index < -0.39 is 0 Å². The van der Waals surface area contributed by atoms with Crippen molar-refractivity contribution < 1.29 is 4.74 Å². The summed E-state index contributed by atoms with van der Waals surface area (Å²) >= 11 is 3.54. The molecule has 19 heavy (non-hydrogen) atoms. The monoisotopic (exact) mass is 325 g/mol. The number of pyridine rings is 1. The van der Waals surface area contributed by atoms with Crippen LogP contribution in [-0.2, 0) is 4.74 Å². The van der Waals surface area contributed by atoms with E-state index in [-0.39, 0.29) is 6.10 Å². The van der Waals surface area contributed by atoms with Crippen molar-refractivity contribution >= 4 is 21.7 Å². The van der Waals surface area contributed by atoms with Crippen LogP contribution in [-0.4, -0.2) is 48.3 Å². The van der Waals surface area contributed by atoms with E-state index in [1.54, 1.807) is 0 Å².